The van der Waals surface area contributed by atoms with Crippen LogP contribution in [0.4, 0.5) is 4.39 Å². The molecule has 1 unspecified atom stereocenters. The molecule has 0 aliphatic carbocycles. The summed E-state index contributed by atoms with van der Waals surface area (Å²) in [7, 11) is 0. The van der Waals surface area contributed by atoms with Gasteiger partial charge in [-0.2, -0.15) is 0 Å². The number of carbonyl (C=O) groups is 1. The maximum atomic E-state index is 12.6. The van der Waals surface area contributed by atoms with Crippen molar-refractivity contribution in [2.24, 2.45) is 0 Å². The third-order valence-electron chi connectivity index (χ3n) is 2.28. The van der Waals surface area contributed by atoms with E-state index in [0.717, 1.165) is 5.56 Å². The highest BCUT2D eigenvalue weighted by Gasteiger charge is 2.05. The van der Waals surface area contributed by atoms with Gasteiger partial charge in [-0.15, -0.1) is 0 Å². The number of benzene rings is 1. The standard InChI is InChI=1S/C12H16FNO2/c1-2-11(15)8-14-12(16)7-9-3-5-10(13)6-4-9/h3-6,11,15H,2,7-8H2,1H3,(H,14,16). The topological polar surface area (TPSA) is 49.3 Å². The van der Waals surface area contributed by atoms with Crippen LogP contribution in [0.25, 0.3) is 0 Å². The largest absolute Gasteiger partial charge is 0.391 e. The van der Waals surface area contributed by atoms with Crippen LogP contribution in [0.15, 0.2) is 24.3 Å². The number of nitrogens with one attached hydrogen (secondary N) is 1. The molecule has 88 valence electrons. The molecule has 1 aromatic rings. The summed E-state index contributed by atoms with van der Waals surface area (Å²) in [5.41, 5.74) is 0.755. The maximum absolute atomic E-state index is 12.6. The lowest BCUT2D eigenvalue weighted by Crippen LogP contribution is -2.32. The van der Waals surface area contributed by atoms with Crippen LogP contribution in [-0.2, 0) is 11.2 Å². The molecule has 0 aliphatic rings. The molecule has 0 bridgehead atoms. The zero-order valence-electron chi connectivity index (χ0n) is 9.24. The molecule has 0 aliphatic heterocycles. The van der Waals surface area contributed by atoms with Crippen molar-refractivity contribution in [3.63, 3.8) is 0 Å². The van der Waals surface area contributed by atoms with E-state index in [9.17, 15) is 14.3 Å². The van der Waals surface area contributed by atoms with Crippen molar-refractivity contribution in [1.82, 2.24) is 5.32 Å². The van der Waals surface area contributed by atoms with Gasteiger partial charge in [-0.3, -0.25) is 4.79 Å². The minimum atomic E-state index is -0.503. The molecule has 0 saturated carbocycles. The van der Waals surface area contributed by atoms with E-state index < -0.39 is 6.10 Å². The fraction of sp³-hybridized carbons (Fsp3) is 0.417. The van der Waals surface area contributed by atoms with Crippen LogP contribution in [0.2, 0.25) is 0 Å². The normalized spacial score (nSPS) is 12.2. The Bertz CT molecular complexity index is 337. The molecule has 2 N–H and O–H groups in total. The Morgan fingerprint density at radius 1 is 1.44 bits per heavy atom. The lowest BCUT2D eigenvalue weighted by atomic mass is 10.1. The zero-order valence-corrected chi connectivity index (χ0v) is 9.24. The van der Waals surface area contributed by atoms with E-state index in [1.165, 1.54) is 12.1 Å². The van der Waals surface area contributed by atoms with E-state index in [2.05, 4.69) is 5.32 Å². The van der Waals surface area contributed by atoms with Gasteiger partial charge in [-0.05, 0) is 24.1 Å². The van der Waals surface area contributed by atoms with Crippen molar-refractivity contribution >= 4 is 5.91 Å². The molecule has 1 amide bonds. The predicted octanol–water partition coefficient (Wildman–Crippen LogP) is 1.26. The molecule has 4 heteroatoms. The minimum Gasteiger partial charge on any atom is -0.391 e. The molecular weight excluding hydrogens is 209 g/mol. The van der Waals surface area contributed by atoms with Gasteiger partial charge < -0.3 is 10.4 Å². The molecule has 3 nitrogen and oxygen atoms in total. The Hall–Kier alpha value is -1.42. The van der Waals surface area contributed by atoms with Gasteiger partial charge in [0.15, 0.2) is 0 Å². The number of aliphatic hydroxyl groups excluding tert-OH is 1. The summed E-state index contributed by atoms with van der Waals surface area (Å²) in [4.78, 5) is 11.4. The average Bonchev–Trinajstić information content (AvgIpc) is 2.29. The van der Waals surface area contributed by atoms with Gasteiger partial charge in [0.1, 0.15) is 5.82 Å². The monoisotopic (exact) mass is 225 g/mol. The van der Waals surface area contributed by atoms with Crippen molar-refractivity contribution in [2.75, 3.05) is 6.54 Å². The molecule has 0 spiro atoms. The van der Waals surface area contributed by atoms with E-state index in [-0.39, 0.29) is 24.7 Å². The fourth-order valence-corrected chi connectivity index (χ4v) is 1.23. The molecule has 1 atom stereocenters. The van der Waals surface area contributed by atoms with E-state index in [4.69, 9.17) is 0 Å². The highest BCUT2D eigenvalue weighted by atomic mass is 19.1. The first-order valence-electron chi connectivity index (χ1n) is 5.31. The van der Waals surface area contributed by atoms with E-state index in [1.54, 1.807) is 12.1 Å². The molecule has 0 radical (unpaired) electrons. The fourth-order valence-electron chi connectivity index (χ4n) is 1.23. The SMILES string of the molecule is CCC(O)CNC(=O)Cc1ccc(F)cc1. The van der Waals surface area contributed by atoms with Gasteiger partial charge in [0.05, 0.1) is 12.5 Å². The number of carbonyl (C=O) groups excluding carboxylic acids is 1. The Morgan fingerprint density at radius 2 is 2.06 bits per heavy atom. The number of halogens is 1. The van der Waals surface area contributed by atoms with Crippen LogP contribution in [0.1, 0.15) is 18.9 Å². The quantitative estimate of drug-likeness (QED) is 0.792. The third-order valence-corrected chi connectivity index (χ3v) is 2.28. The molecule has 0 saturated heterocycles. The van der Waals surface area contributed by atoms with Gasteiger partial charge in [0, 0.05) is 6.54 Å². The van der Waals surface area contributed by atoms with Crippen LogP contribution in [-0.4, -0.2) is 23.7 Å². The summed E-state index contributed by atoms with van der Waals surface area (Å²) in [6, 6.07) is 5.79. The summed E-state index contributed by atoms with van der Waals surface area (Å²) in [5, 5.41) is 11.9. The van der Waals surface area contributed by atoms with Crippen molar-refractivity contribution in [1.29, 1.82) is 0 Å². The maximum Gasteiger partial charge on any atom is 0.224 e. The second-order valence-electron chi connectivity index (χ2n) is 3.67. The number of rotatable bonds is 5. The average molecular weight is 225 g/mol. The second kappa shape index (κ2) is 6.23. The summed E-state index contributed by atoms with van der Waals surface area (Å²) in [5.74, 6) is -0.482. The molecule has 0 aromatic heterocycles. The van der Waals surface area contributed by atoms with Crippen molar-refractivity contribution in [2.45, 2.75) is 25.9 Å². The van der Waals surface area contributed by atoms with Crippen molar-refractivity contribution in [3.05, 3.63) is 35.6 Å². The molecular formula is C12H16FNO2. The van der Waals surface area contributed by atoms with Crippen LogP contribution in [0.5, 0.6) is 0 Å². The Labute approximate surface area is 94.3 Å². The molecule has 1 rings (SSSR count). The van der Waals surface area contributed by atoms with Crippen LogP contribution in [0, 0.1) is 5.82 Å². The van der Waals surface area contributed by atoms with Crippen molar-refractivity contribution < 1.29 is 14.3 Å². The van der Waals surface area contributed by atoms with Gasteiger partial charge in [0.25, 0.3) is 0 Å². The second-order valence-corrected chi connectivity index (χ2v) is 3.67. The van der Waals surface area contributed by atoms with Crippen molar-refractivity contribution in [3.8, 4) is 0 Å². The van der Waals surface area contributed by atoms with Crippen LogP contribution < -0.4 is 5.32 Å². The van der Waals surface area contributed by atoms with E-state index >= 15 is 0 Å². The Balaban J connectivity index is 2.37. The molecule has 16 heavy (non-hydrogen) atoms. The minimum absolute atomic E-state index is 0.167. The third kappa shape index (κ3) is 4.40. The molecule has 0 fully saturated rings. The first-order valence-corrected chi connectivity index (χ1v) is 5.31. The smallest absolute Gasteiger partial charge is 0.224 e. The first kappa shape index (κ1) is 12.6. The lowest BCUT2D eigenvalue weighted by Gasteiger charge is -2.09. The van der Waals surface area contributed by atoms with Gasteiger partial charge in [-0.25, -0.2) is 4.39 Å². The van der Waals surface area contributed by atoms with E-state index in [1.807, 2.05) is 6.92 Å². The number of amides is 1. The predicted molar refractivity (Wildman–Crippen MR) is 59.4 cm³/mol. The number of hydrogen-bond donors (Lipinski definition) is 2. The molecule has 0 heterocycles. The van der Waals surface area contributed by atoms with Crippen LogP contribution in [0.3, 0.4) is 0 Å². The summed E-state index contributed by atoms with van der Waals surface area (Å²) < 4.78 is 12.6. The molecule has 1 aromatic carbocycles. The van der Waals surface area contributed by atoms with E-state index in [0.29, 0.717) is 6.42 Å². The summed E-state index contributed by atoms with van der Waals surface area (Å²) >= 11 is 0. The van der Waals surface area contributed by atoms with Gasteiger partial charge in [0.2, 0.25) is 5.91 Å². The summed E-state index contributed by atoms with van der Waals surface area (Å²) in [6.45, 7) is 2.10. The van der Waals surface area contributed by atoms with Gasteiger partial charge >= 0.3 is 0 Å². The zero-order chi connectivity index (χ0) is 12.0. The number of hydrogen-bond acceptors (Lipinski definition) is 2. The highest BCUT2D eigenvalue weighted by Crippen LogP contribution is 2.03. The van der Waals surface area contributed by atoms with Crippen LogP contribution >= 0.6 is 0 Å². The Morgan fingerprint density at radius 3 is 2.62 bits per heavy atom. The van der Waals surface area contributed by atoms with Gasteiger partial charge in [-0.1, -0.05) is 19.1 Å². The number of aliphatic hydroxyl groups is 1. The highest BCUT2D eigenvalue weighted by molar-refractivity contribution is 5.78. The first-order chi connectivity index (χ1) is 7.61. The Kier molecular flexibility index (Phi) is 4.92. The lowest BCUT2D eigenvalue weighted by molar-refractivity contribution is -0.120. The summed E-state index contributed by atoms with van der Waals surface area (Å²) in [6.07, 6.45) is 0.310.